The van der Waals surface area contributed by atoms with E-state index >= 15 is 0 Å². The third-order valence-electron chi connectivity index (χ3n) is 5.53. The van der Waals surface area contributed by atoms with Crippen molar-refractivity contribution in [2.45, 2.75) is 25.0 Å². The van der Waals surface area contributed by atoms with Crippen LogP contribution in [0.15, 0.2) is 67.1 Å². The Morgan fingerprint density at radius 2 is 1.81 bits per heavy atom. The van der Waals surface area contributed by atoms with Gasteiger partial charge in [0.25, 0.3) is 0 Å². The van der Waals surface area contributed by atoms with Crippen molar-refractivity contribution in [3.8, 4) is 5.75 Å². The number of phenolic OH excluding ortho intramolecular Hbond substituents is 1. The molecule has 136 valence electrons. The molecule has 0 radical (unpaired) electrons. The first kappa shape index (κ1) is 17.0. The summed E-state index contributed by atoms with van der Waals surface area (Å²) in [6, 6.07) is 17.4. The molecular weight excluding hydrogens is 324 g/mol. The van der Waals surface area contributed by atoms with Crippen molar-refractivity contribution in [2.75, 3.05) is 19.6 Å². The van der Waals surface area contributed by atoms with Crippen molar-refractivity contribution in [1.29, 1.82) is 0 Å². The fourth-order valence-corrected chi connectivity index (χ4v) is 4.13. The van der Waals surface area contributed by atoms with Crippen LogP contribution in [0.5, 0.6) is 5.75 Å². The van der Waals surface area contributed by atoms with Gasteiger partial charge in [0.15, 0.2) is 5.88 Å². The van der Waals surface area contributed by atoms with Gasteiger partial charge in [-0.1, -0.05) is 42.5 Å². The molecule has 0 aliphatic carbocycles. The summed E-state index contributed by atoms with van der Waals surface area (Å²) >= 11 is 0. The molecule has 3 fully saturated rings. The van der Waals surface area contributed by atoms with Crippen LogP contribution in [0, 0.1) is 5.92 Å². The van der Waals surface area contributed by atoms with Crippen molar-refractivity contribution in [1.82, 2.24) is 10.2 Å². The SMILES string of the molecule is C=C(NC(c1ccccc1)c1cccc(O)c1)O[C@H]1CN2CCC1CC2. The first-order chi connectivity index (χ1) is 12.7. The largest absolute Gasteiger partial charge is 0.508 e. The van der Waals surface area contributed by atoms with E-state index in [9.17, 15) is 5.11 Å². The van der Waals surface area contributed by atoms with Crippen molar-refractivity contribution in [3.63, 3.8) is 0 Å². The first-order valence-corrected chi connectivity index (χ1v) is 9.37. The van der Waals surface area contributed by atoms with Gasteiger partial charge in [-0.25, -0.2) is 0 Å². The lowest BCUT2D eigenvalue weighted by molar-refractivity contribution is -0.0467. The van der Waals surface area contributed by atoms with Crippen LogP contribution in [0.3, 0.4) is 0 Å². The number of nitrogens with one attached hydrogen (secondary N) is 1. The predicted octanol–water partition coefficient (Wildman–Crippen LogP) is 3.65. The highest BCUT2D eigenvalue weighted by Gasteiger charge is 2.35. The van der Waals surface area contributed by atoms with Gasteiger partial charge in [-0.05, 0) is 61.7 Å². The molecule has 2 atom stereocenters. The van der Waals surface area contributed by atoms with E-state index in [1.807, 2.05) is 30.3 Å². The highest BCUT2D eigenvalue weighted by molar-refractivity contribution is 5.36. The van der Waals surface area contributed by atoms with E-state index < -0.39 is 0 Å². The average Bonchev–Trinajstić information content (AvgIpc) is 2.68. The number of nitrogens with zero attached hydrogens (tertiary/aromatic N) is 1. The summed E-state index contributed by atoms with van der Waals surface area (Å²) in [7, 11) is 0. The summed E-state index contributed by atoms with van der Waals surface area (Å²) in [6.07, 6.45) is 2.65. The molecule has 4 heteroatoms. The topological polar surface area (TPSA) is 44.7 Å². The van der Waals surface area contributed by atoms with Gasteiger partial charge >= 0.3 is 0 Å². The number of phenols is 1. The highest BCUT2D eigenvalue weighted by atomic mass is 16.5. The minimum atomic E-state index is -0.114. The molecule has 26 heavy (non-hydrogen) atoms. The van der Waals surface area contributed by atoms with Gasteiger partial charge in [0.05, 0.1) is 6.04 Å². The van der Waals surface area contributed by atoms with Gasteiger partial charge < -0.3 is 15.2 Å². The molecule has 2 aromatic carbocycles. The van der Waals surface area contributed by atoms with Crippen LogP contribution in [0.25, 0.3) is 0 Å². The van der Waals surface area contributed by atoms with Crippen LogP contribution in [0.1, 0.15) is 30.0 Å². The molecule has 2 aromatic rings. The number of ether oxygens (including phenoxy) is 1. The molecule has 3 heterocycles. The molecule has 2 bridgehead atoms. The molecule has 5 rings (SSSR count). The number of hydrogen-bond donors (Lipinski definition) is 2. The van der Waals surface area contributed by atoms with Crippen molar-refractivity contribution < 1.29 is 9.84 Å². The molecule has 1 unspecified atom stereocenters. The van der Waals surface area contributed by atoms with Crippen molar-refractivity contribution >= 4 is 0 Å². The Bertz CT molecular complexity index is 754. The second-order valence-electron chi connectivity index (χ2n) is 7.30. The first-order valence-electron chi connectivity index (χ1n) is 9.37. The van der Waals surface area contributed by atoms with E-state index in [1.54, 1.807) is 12.1 Å². The molecule has 0 aromatic heterocycles. The standard InChI is InChI=1S/C22H26N2O2/c1-16(26-21-15-24-12-10-17(21)11-13-24)23-22(18-6-3-2-4-7-18)19-8-5-9-20(25)14-19/h2-9,14,17,21-23,25H,1,10-13,15H2/t21-,22?/m0/s1. The van der Waals surface area contributed by atoms with Gasteiger partial charge in [-0.3, -0.25) is 4.90 Å². The van der Waals surface area contributed by atoms with Crippen molar-refractivity contribution in [2.24, 2.45) is 5.92 Å². The van der Waals surface area contributed by atoms with E-state index in [4.69, 9.17) is 4.74 Å². The number of rotatable bonds is 6. The third-order valence-corrected chi connectivity index (χ3v) is 5.53. The normalized spacial score (nSPS) is 25.5. The van der Waals surface area contributed by atoms with Gasteiger partial charge in [-0.2, -0.15) is 0 Å². The number of hydrogen-bond acceptors (Lipinski definition) is 4. The lowest BCUT2D eigenvalue weighted by Gasteiger charge is -2.44. The minimum Gasteiger partial charge on any atom is -0.508 e. The summed E-state index contributed by atoms with van der Waals surface area (Å²) < 4.78 is 6.22. The molecule has 3 aliphatic rings. The Hall–Kier alpha value is -2.46. The van der Waals surface area contributed by atoms with Gasteiger partial charge in [0, 0.05) is 6.54 Å². The van der Waals surface area contributed by atoms with Gasteiger partial charge in [0.2, 0.25) is 0 Å². The van der Waals surface area contributed by atoms with Crippen LogP contribution < -0.4 is 5.32 Å². The summed E-state index contributed by atoms with van der Waals surface area (Å²) in [4.78, 5) is 2.47. The Balaban J connectivity index is 1.50. The zero-order valence-electron chi connectivity index (χ0n) is 15.0. The monoisotopic (exact) mass is 350 g/mol. The molecule has 3 aliphatic heterocycles. The molecule has 0 spiro atoms. The van der Waals surface area contributed by atoms with Crippen LogP contribution in [0.2, 0.25) is 0 Å². The lowest BCUT2D eigenvalue weighted by Crippen LogP contribution is -2.51. The van der Waals surface area contributed by atoms with Crippen LogP contribution in [-0.2, 0) is 4.74 Å². The van der Waals surface area contributed by atoms with Crippen LogP contribution in [-0.4, -0.2) is 35.7 Å². The third kappa shape index (κ3) is 3.70. The Morgan fingerprint density at radius 1 is 1.08 bits per heavy atom. The maximum atomic E-state index is 9.89. The number of fused-ring (bicyclic) bond motifs is 3. The molecule has 0 saturated carbocycles. The highest BCUT2D eigenvalue weighted by Crippen LogP contribution is 2.31. The quantitative estimate of drug-likeness (QED) is 0.781. The average molecular weight is 350 g/mol. The van der Waals surface area contributed by atoms with Crippen LogP contribution in [0.4, 0.5) is 0 Å². The van der Waals surface area contributed by atoms with E-state index in [0.29, 0.717) is 11.8 Å². The lowest BCUT2D eigenvalue weighted by atomic mass is 9.86. The van der Waals surface area contributed by atoms with Gasteiger partial charge in [0.1, 0.15) is 11.9 Å². The molecule has 2 N–H and O–H groups in total. The molecule has 0 amide bonds. The maximum absolute atomic E-state index is 9.89. The summed E-state index contributed by atoms with van der Waals surface area (Å²) in [6.45, 7) is 7.51. The predicted molar refractivity (Wildman–Crippen MR) is 103 cm³/mol. The number of piperidine rings is 3. The smallest absolute Gasteiger partial charge is 0.180 e. The summed E-state index contributed by atoms with van der Waals surface area (Å²) in [5, 5.41) is 13.3. The Kier molecular flexibility index (Phi) is 4.85. The second-order valence-corrected chi connectivity index (χ2v) is 7.30. The van der Waals surface area contributed by atoms with Gasteiger partial charge in [-0.15, -0.1) is 0 Å². The van der Waals surface area contributed by atoms with E-state index in [1.165, 1.54) is 25.9 Å². The summed E-state index contributed by atoms with van der Waals surface area (Å²) in [5.41, 5.74) is 2.09. The van der Waals surface area contributed by atoms with Crippen LogP contribution >= 0.6 is 0 Å². The number of benzene rings is 2. The zero-order valence-corrected chi connectivity index (χ0v) is 15.0. The minimum absolute atomic E-state index is 0.114. The Morgan fingerprint density at radius 3 is 2.46 bits per heavy atom. The zero-order chi connectivity index (χ0) is 17.9. The summed E-state index contributed by atoms with van der Waals surface area (Å²) in [5.74, 6) is 1.49. The fourth-order valence-electron chi connectivity index (χ4n) is 4.13. The fraction of sp³-hybridized carbons (Fsp3) is 0.364. The Labute approximate surface area is 155 Å². The molecule has 4 nitrogen and oxygen atoms in total. The van der Waals surface area contributed by atoms with E-state index in [0.717, 1.165) is 17.7 Å². The number of aromatic hydroxyl groups is 1. The van der Waals surface area contributed by atoms with E-state index in [-0.39, 0.29) is 17.9 Å². The maximum Gasteiger partial charge on any atom is 0.180 e. The molecule has 3 saturated heterocycles. The van der Waals surface area contributed by atoms with Crippen molar-refractivity contribution in [3.05, 3.63) is 78.2 Å². The second kappa shape index (κ2) is 7.42. The molecular formula is C22H26N2O2. The van der Waals surface area contributed by atoms with E-state index in [2.05, 4.69) is 28.9 Å².